The second kappa shape index (κ2) is 7.64. The van der Waals surface area contributed by atoms with Crippen LogP contribution in [0.4, 0.5) is 0 Å². The Kier molecular flexibility index (Phi) is 6.49. The van der Waals surface area contributed by atoms with E-state index in [1.807, 2.05) is 19.1 Å². The molecule has 0 aliphatic carbocycles. The molecule has 1 aromatic carbocycles. The van der Waals surface area contributed by atoms with Crippen molar-refractivity contribution in [1.82, 2.24) is 5.32 Å². The summed E-state index contributed by atoms with van der Waals surface area (Å²) in [6.45, 7) is 8.78. The first-order chi connectivity index (χ1) is 9.34. The maximum atomic E-state index is 11.5. The van der Waals surface area contributed by atoms with Crippen LogP contribution in [0.5, 0.6) is 5.75 Å². The fourth-order valence-electron chi connectivity index (χ4n) is 1.72. The van der Waals surface area contributed by atoms with Crippen LogP contribution in [-0.4, -0.2) is 32.6 Å². The quantitative estimate of drug-likeness (QED) is 0.800. The van der Waals surface area contributed by atoms with Crippen molar-refractivity contribution in [3.63, 3.8) is 0 Å². The first-order valence-corrected chi connectivity index (χ1v) is 8.82. The van der Waals surface area contributed by atoms with Crippen molar-refractivity contribution in [1.29, 1.82) is 0 Å². The second-order valence-electron chi connectivity index (χ2n) is 5.23. The van der Waals surface area contributed by atoms with Crippen molar-refractivity contribution in [2.24, 2.45) is 0 Å². The maximum absolute atomic E-state index is 11.5. The van der Waals surface area contributed by atoms with Crippen molar-refractivity contribution < 1.29 is 13.2 Å². The van der Waals surface area contributed by atoms with Crippen LogP contribution in [0.25, 0.3) is 0 Å². The average Bonchev–Trinajstić information content (AvgIpc) is 2.38. The first-order valence-electron chi connectivity index (χ1n) is 7.00. The van der Waals surface area contributed by atoms with Gasteiger partial charge in [-0.05, 0) is 13.0 Å². The molecule has 0 bridgehead atoms. The Morgan fingerprint density at radius 3 is 2.60 bits per heavy atom. The number of benzene rings is 1. The summed E-state index contributed by atoms with van der Waals surface area (Å²) in [6, 6.07) is 6.34. The van der Waals surface area contributed by atoms with E-state index in [1.54, 1.807) is 6.92 Å². The minimum Gasteiger partial charge on any atom is -0.492 e. The third kappa shape index (κ3) is 5.92. The SMILES string of the molecule is CCS(=O)(=O)CCOc1ccc(C)cc1CNC(C)C. The molecule has 1 rings (SSSR count). The molecule has 0 aliphatic rings. The van der Waals surface area contributed by atoms with Crippen molar-refractivity contribution in [2.45, 2.75) is 40.3 Å². The molecule has 0 aromatic heterocycles. The van der Waals surface area contributed by atoms with Crippen molar-refractivity contribution in [3.05, 3.63) is 29.3 Å². The molecule has 0 spiro atoms. The summed E-state index contributed by atoms with van der Waals surface area (Å²) in [5.41, 5.74) is 2.23. The van der Waals surface area contributed by atoms with Crippen LogP contribution in [0.15, 0.2) is 18.2 Å². The second-order valence-corrected chi connectivity index (χ2v) is 7.70. The minimum atomic E-state index is -2.98. The summed E-state index contributed by atoms with van der Waals surface area (Å²) in [4.78, 5) is 0. The van der Waals surface area contributed by atoms with Crippen LogP contribution in [0, 0.1) is 6.92 Å². The highest BCUT2D eigenvalue weighted by atomic mass is 32.2. The fourth-order valence-corrected chi connectivity index (χ4v) is 2.35. The van der Waals surface area contributed by atoms with Crippen molar-refractivity contribution in [2.75, 3.05) is 18.1 Å². The maximum Gasteiger partial charge on any atom is 0.153 e. The predicted octanol–water partition coefficient (Wildman–Crippen LogP) is 2.31. The van der Waals surface area contributed by atoms with Crippen LogP contribution in [0.2, 0.25) is 0 Å². The predicted molar refractivity (Wildman–Crippen MR) is 83.0 cm³/mol. The van der Waals surface area contributed by atoms with E-state index in [-0.39, 0.29) is 18.1 Å². The number of aryl methyl sites for hydroxylation is 1. The van der Waals surface area contributed by atoms with Crippen molar-refractivity contribution in [3.8, 4) is 5.75 Å². The highest BCUT2D eigenvalue weighted by molar-refractivity contribution is 7.91. The summed E-state index contributed by atoms with van der Waals surface area (Å²) < 4.78 is 28.5. The lowest BCUT2D eigenvalue weighted by Crippen LogP contribution is -2.22. The third-order valence-corrected chi connectivity index (χ3v) is 4.68. The first kappa shape index (κ1) is 17.0. The Morgan fingerprint density at radius 2 is 2.00 bits per heavy atom. The van der Waals surface area contributed by atoms with Gasteiger partial charge in [-0.15, -0.1) is 0 Å². The number of hydrogen-bond donors (Lipinski definition) is 1. The number of rotatable bonds is 8. The number of nitrogens with one attached hydrogen (secondary N) is 1. The molecule has 0 heterocycles. The minimum absolute atomic E-state index is 0.0639. The summed E-state index contributed by atoms with van der Waals surface area (Å²) in [5, 5.41) is 3.35. The zero-order valence-corrected chi connectivity index (χ0v) is 13.6. The van der Waals surface area contributed by atoms with Gasteiger partial charge < -0.3 is 10.1 Å². The smallest absolute Gasteiger partial charge is 0.153 e. The molecule has 0 saturated carbocycles. The van der Waals surface area contributed by atoms with E-state index in [0.29, 0.717) is 6.04 Å². The van der Waals surface area contributed by atoms with E-state index in [2.05, 4.69) is 25.2 Å². The molecule has 0 amide bonds. The van der Waals surface area contributed by atoms with Gasteiger partial charge in [0.1, 0.15) is 12.4 Å². The monoisotopic (exact) mass is 299 g/mol. The lowest BCUT2D eigenvalue weighted by atomic mass is 10.1. The molecule has 1 N–H and O–H groups in total. The average molecular weight is 299 g/mol. The van der Waals surface area contributed by atoms with Gasteiger partial charge in [0.15, 0.2) is 9.84 Å². The van der Waals surface area contributed by atoms with Gasteiger partial charge in [0, 0.05) is 23.9 Å². The highest BCUT2D eigenvalue weighted by Gasteiger charge is 2.09. The molecule has 20 heavy (non-hydrogen) atoms. The van der Waals surface area contributed by atoms with Crippen LogP contribution >= 0.6 is 0 Å². The van der Waals surface area contributed by atoms with Gasteiger partial charge in [-0.1, -0.05) is 38.5 Å². The zero-order chi connectivity index (χ0) is 15.2. The Bertz CT molecular complexity index is 524. The van der Waals surface area contributed by atoms with Crippen LogP contribution in [0.1, 0.15) is 31.9 Å². The van der Waals surface area contributed by atoms with Crippen molar-refractivity contribution >= 4 is 9.84 Å². The Labute approximate surface area is 122 Å². The Balaban J connectivity index is 2.68. The van der Waals surface area contributed by atoms with Gasteiger partial charge in [0.05, 0.1) is 5.75 Å². The molecule has 0 fully saturated rings. The molecule has 0 atom stereocenters. The Hall–Kier alpha value is -1.07. The number of hydrogen-bond acceptors (Lipinski definition) is 4. The van der Waals surface area contributed by atoms with Gasteiger partial charge in [0.25, 0.3) is 0 Å². The highest BCUT2D eigenvalue weighted by Crippen LogP contribution is 2.20. The molecule has 0 aliphatic heterocycles. The zero-order valence-electron chi connectivity index (χ0n) is 12.8. The van der Waals surface area contributed by atoms with E-state index in [4.69, 9.17) is 4.74 Å². The molecule has 4 nitrogen and oxygen atoms in total. The number of ether oxygens (including phenoxy) is 1. The standard InChI is InChI=1S/C15H25NO3S/c1-5-20(17,18)9-8-19-15-7-6-13(4)10-14(15)11-16-12(2)3/h6-7,10,12,16H,5,8-9,11H2,1-4H3. The summed E-state index contributed by atoms with van der Waals surface area (Å²) in [6.07, 6.45) is 0. The van der Waals surface area contributed by atoms with Gasteiger partial charge in [0.2, 0.25) is 0 Å². The third-order valence-electron chi connectivity index (χ3n) is 3.01. The molecule has 114 valence electrons. The van der Waals surface area contributed by atoms with Gasteiger partial charge >= 0.3 is 0 Å². The van der Waals surface area contributed by atoms with E-state index >= 15 is 0 Å². The lowest BCUT2D eigenvalue weighted by Gasteiger charge is -2.14. The molecule has 0 saturated heterocycles. The van der Waals surface area contributed by atoms with E-state index in [9.17, 15) is 8.42 Å². The molecule has 1 aromatic rings. The van der Waals surface area contributed by atoms with Gasteiger partial charge in [-0.25, -0.2) is 8.42 Å². The molecular weight excluding hydrogens is 274 g/mol. The lowest BCUT2D eigenvalue weighted by molar-refractivity contribution is 0.335. The summed E-state index contributed by atoms with van der Waals surface area (Å²) in [7, 11) is -2.98. The molecule has 0 radical (unpaired) electrons. The van der Waals surface area contributed by atoms with Crippen LogP contribution in [0.3, 0.4) is 0 Å². The molecule has 0 unspecified atom stereocenters. The topological polar surface area (TPSA) is 55.4 Å². The van der Waals surface area contributed by atoms with E-state index in [1.165, 1.54) is 5.56 Å². The number of sulfone groups is 1. The normalized spacial score (nSPS) is 11.8. The van der Waals surface area contributed by atoms with E-state index < -0.39 is 9.84 Å². The van der Waals surface area contributed by atoms with E-state index in [0.717, 1.165) is 17.9 Å². The van der Waals surface area contributed by atoms with Crippen LogP contribution < -0.4 is 10.1 Å². The van der Waals surface area contributed by atoms with Gasteiger partial charge in [-0.2, -0.15) is 0 Å². The fraction of sp³-hybridized carbons (Fsp3) is 0.600. The Morgan fingerprint density at radius 1 is 1.30 bits per heavy atom. The molecular formula is C15H25NO3S. The molecule has 5 heteroatoms. The summed E-state index contributed by atoms with van der Waals surface area (Å²) >= 11 is 0. The summed E-state index contributed by atoms with van der Waals surface area (Å²) in [5.74, 6) is 0.982. The van der Waals surface area contributed by atoms with Crippen LogP contribution in [-0.2, 0) is 16.4 Å². The largest absolute Gasteiger partial charge is 0.492 e. The van der Waals surface area contributed by atoms with Gasteiger partial charge in [-0.3, -0.25) is 0 Å².